The van der Waals surface area contributed by atoms with E-state index < -0.39 is 12.2 Å². The van der Waals surface area contributed by atoms with Crippen LogP contribution in [0.4, 0.5) is 4.79 Å². The van der Waals surface area contributed by atoms with Gasteiger partial charge in [-0.1, -0.05) is 75.1 Å². The van der Waals surface area contributed by atoms with Crippen LogP contribution in [-0.4, -0.2) is 81.2 Å². The molecule has 2 aliphatic rings. The van der Waals surface area contributed by atoms with E-state index in [4.69, 9.17) is 6.42 Å². The van der Waals surface area contributed by atoms with E-state index in [-0.39, 0.29) is 49.7 Å². The maximum atomic E-state index is 13.9. The molecule has 0 bridgehead atoms. The minimum absolute atomic E-state index is 0.0825. The zero-order valence-electron chi connectivity index (χ0n) is 23.3. The van der Waals surface area contributed by atoms with Crippen molar-refractivity contribution in [3.05, 3.63) is 65.7 Å². The molecular weight excluding hydrogens is 506 g/mol. The fourth-order valence-electron chi connectivity index (χ4n) is 5.58. The van der Waals surface area contributed by atoms with E-state index in [1.165, 1.54) is 5.01 Å². The number of amides is 4. The average Bonchev–Trinajstić information content (AvgIpc) is 2.96. The SMILES string of the molecule is C#CCN1CC(=O)N2[C@@H](Cc3ccc(O)cc3)C(=O)N(CCC(CC)CC)C[C@@H]2N1C(=O)NCc1ccccc1. The van der Waals surface area contributed by atoms with Gasteiger partial charge in [-0.2, -0.15) is 5.01 Å². The Bertz CT molecular complexity index is 1210. The lowest BCUT2D eigenvalue weighted by Gasteiger charge is -2.55. The summed E-state index contributed by atoms with van der Waals surface area (Å²) in [6.07, 6.45) is 8.11. The summed E-state index contributed by atoms with van der Waals surface area (Å²) in [4.78, 5) is 44.5. The van der Waals surface area contributed by atoms with E-state index in [2.05, 4.69) is 25.1 Å². The zero-order chi connectivity index (χ0) is 28.6. The van der Waals surface area contributed by atoms with Crippen molar-refractivity contribution < 1.29 is 19.5 Å². The quantitative estimate of drug-likeness (QED) is 0.447. The first-order valence-electron chi connectivity index (χ1n) is 14.0. The van der Waals surface area contributed by atoms with Crippen LogP contribution in [0.1, 0.15) is 44.2 Å². The summed E-state index contributed by atoms with van der Waals surface area (Å²) in [5.74, 6) is 2.81. The van der Waals surface area contributed by atoms with Crippen LogP contribution in [0.5, 0.6) is 5.75 Å². The van der Waals surface area contributed by atoms with E-state index in [1.807, 2.05) is 30.3 Å². The Kier molecular flexibility index (Phi) is 9.67. The Morgan fingerprint density at radius 2 is 1.77 bits per heavy atom. The molecule has 2 N–H and O–H groups in total. The van der Waals surface area contributed by atoms with E-state index in [9.17, 15) is 19.5 Å². The van der Waals surface area contributed by atoms with E-state index in [0.717, 1.165) is 30.4 Å². The minimum Gasteiger partial charge on any atom is -0.508 e. The highest BCUT2D eigenvalue weighted by Gasteiger charge is 2.51. The standard InChI is InChI=1S/C31H39N5O4/c1-4-17-34-22-29(38)35-27(19-24-12-14-26(37)15-13-24)30(39)33(18-16-23(5-2)6-3)21-28(35)36(34)31(40)32-20-25-10-8-7-9-11-25/h1,7-15,23,27-28,37H,5-6,16-22H2,2-3H3,(H,32,40)/t27-,28-/m0/s1. The van der Waals surface area contributed by atoms with Crippen molar-refractivity contribution in [2.75, 3.05) is 26.2 Å². The van der Waals surface area contributed by atoms with Crippen molar-refractivity contribution in [3.8, 4) is 18.1 Å². The molecule has 2 aromatic rings. The number of benzene rings is 2. The molecule has 0 aliphatic carbocycles. The molecule has 9 heteroatoms. The summed E-state index contributed by atoms with van der Waals surface area (Å²) in [5, 5.41) is 15.9. The normalized spacial score (nSPS) is 19.5. The van der Waals surface area contributed by atoms with Gasteiger partial charge < -0.3 is 20.2 Å². The Labute approximate surface area is 236 Å². The predicted molar refractivity (Wildman–Crippen MR) is 152 cm³/mol. The Morgan fingerprint density at radius 3 is 2.42 bits per heavy atom. The first-order valence-corrected chi connectivity index (χ1v) is 14.0. The van der Waals surface area contributed by atoms with Crippen LogP contribution < -0.4 is 5.32 Å². The number of aromatic hydroxyl groups is 1. The summed E-state index contributed by atoms with van der Waals surface area (Å²) in [5.41, 5.74) is 1.76. The summed E-state index contributed by atoms with van der Waals surface area (Å²) >= 11 is 0. The van der Waals surface area contributed by atoms with Crippen LogP contribution in [0.3, 0.4) is 0 Å². The monoisotopic (exact) mass is 545 g/mol. The number of phenolic OH excluding ortho intramolecular Hbond substituents is 1. The Hall–Kier alpha value is -4.03. The van der Waals surface area contributed by atoms with Gasteiger partial charge >= 0.3 is 6.03 Å². The third-order valence-corrected chi connectivity index (χ3v) is 7.93. The molecule has 4 rings (SSSR count). The average molecular weight is 546 g/mol. The van der Waals surface area contributed by atoms with Gasteiger partial charge in [0.25, 0.3) is 0 Å². The maximum Gasteiger partial charge on any atom is 0.334 e. The van der Waals surface area contributed by atoms with Gasteiger partial charge in [-0.15, -0.1) is 6.42 Å². The molecule has 2 saturated heterocycles. The highest BCUT2D eigenvalue weighted by molar-refractivity contribution is 5.91. The van der Waals surface area contributed by atoms with E-state index >= 15 is 0 Å². The van der Waals surface area contributed by atoms with Crippen LogP contribution in [0.25, 0.3) is 0 Å². The van der Waals surface area contributed by atoms with Crippen LogP contribution >= 0.6 is 0 Å². The zero-order valence-corrected chi connectivity index (χ0v) is 23.3. The largest absolute Gasteiger partial charge is 0.508 e. The number of nitrogens with zero attached hydrogens (tertiary/aromatic N) is 4. The van der Waals surface area contributed by atoms with Crippen LogP contribution in [0.2, 0.25) is 0 Å². The van der Waals surface area contributed by atoms with Gasteiger partial charge in [-0.3, -0.25) is 9.59 Å². The minimum atomic E-state index is -0.782. The molecule has 40 heavy (non-hydrogen) atoms. The van der Waals surface area contributed by atoms with E-state index in [1.54, 1.807) is 39.1 Å². The Morgan fingerprint density at radius 1 is 1.07 bits per heavy atom. The highest BCUT2D eigenvalue weighted by Crippen LogP contribution is 2.29. The van der Waals surface area contributed by atoms with Gasteiger partial charge in [0.1, 0.15) is 18.0 Å². The predicted octanol–water partition coefficient (Wildman–Crippen LogP) is 3.20. The smallest absolute Gasteiger partial charge is 0.334 e. The summed E-state index contributed by atoms with van der Waals surface area (Å²) < 4.78 is 0. The number of urea groups is 1. The molecule has 0 unspecified atom stereocenters. The summed E-state index contributed by atoms with van der Waals surface area (Å²) in [7, 11) is 0. The highest BCUT2D eigenvalue weighted by atomic mass is 16.3. The molecule has 212 valence electrons. The number of hydrazine groups is 1. The molecular formula is C31H39N5O4. The number of fused-ring (bicyclic) bond motifs is 1. The van der Waals surface area contributed by atoms with Crippen molar-refractivity contribution in [3.63, 3.8) is 0 Å². The first kappa shape index (κ1) is 29.0. The number of rotatable bonds is 10. The molecule has 9 nitrogen and oxygen atoms in total. The number of carbonyl (C=O) groups is 3. The van der Waals surface area contributed by atoms with Gasteiger partial charge in [-0.05, 0) is 35.6 Å². The first-order chi connectivity index (χ1) is 19.4. The second-order valence-electron chi connectivity index (χ2n) is 10.4. The summed E-state index contributed by atoms with van der Waals surface area (Å²) in [6.45, 7) is 5.34. The second-order valence-corrected chi connectivity index (χ2v) is 10.4. The molecule has 0 radical (unpaired) electrons. The lowest BCUT2D eigenvalue weighted by Crippen LogP contribution is -2.76. The van der Waals surface area contributed by atoms with Crippen molar-refractivity contribution in [2.45, 2.75) is 58.3 Å². The van der Waals surface area contributed by atoms with Crippen molar-refractivity contribution >= 4 is 17.8 Å². The molecule has 2 heterocycles. The fraction of sp³-hybridized carbons (Fsp3) is 0.452. The number of hydrogen-bond acceptors (Lipinski definition) is 5. The second kappa shape index (κ2) is 13.4. The number of hydrogen-bond donors (Lipinski definition) is 2. The molecule has 4 amide bonds. The molecule has 2 aromatic carbocycles. The van der Waals surface area contributed by atoms with Crippen LogP contribution in [-0.2, 0) is 22.6 Å². The van der Waals surface area contributed by atoms with Gasteiger partial charge in [-0.25, -0.2) is 9.80 Å². The third kappa shape index (κ3) is 6.57. The Balaban J connectivity index is 1.66. The van der Waals surface area contributed by atoms with Crippen LogP contribution in [0.15, 0.2) is 54.6 Å². The van der Waals surface area contributed by atoms with Crippen molar-refractivity contribution in [1.29, 1.82) is 0 Å². The number of terminal acetylenes is 1. The van der Waals surface area contributed by atoms with Gasteiger partial charge in [0.05, 0.1) is 19.6 Å². The lowest BCUT2D eigenvalue weighted by atomic mass is 9.96. The molecule has 2 aliphatic heterocycles. The molecule has 2 atom stereocenters. The third-order valence-electron chi connectivity index (χ3n) is 7.93. The number of carbonyl (C=O) groups excluding carboxylic acids is 3. The maximum absolute atomic E-state index is 13.9. The van der Waals surface area contributed by atoms with Gasteiger partial charge in [0, 0.05) is 19.5 Å². The fourth-order valence-corrected chi connectivity index (χ4v) is 5.58. The molecule has 0 spiro atoms. The number of piperazine rings is 1. The molecule has 2 fully saturated rings. The topological polar surface area (TPSA) is 96.4 Å². The van der Waals surface area contributed by atoms with Crippen LogP contribution in [0, 0.1) is 18.3 Å². The number of phenols is 1. The molecule has 0 aromatic heterocycles. The van der Waals surface area contributed by atoms with Crippen molar-refractivity contribution in [1.82, 2.24) is 25.1 Å². The lowest BCUT2D eigenvalue weighted by molar-refractivity contribution is -0.188. The van der Waals surface area contributed by atoms with Gasteiger partial charge in [0.2, 0.25) is 11.8 Å². The van der Waals surface area contributed by atoms with Gasteiger partial charge in [0.15, 0.2) is 0 Å². The van der Waals surface area contributed by atoms with Crippen molar-refractivity contribution in [2.24, 2.45) is 5.92 Å². The molecule has 0 saturated carbocycles. The summed E-state index contributed by atoms with van der Waals surface area (Å²) in [6, 6.07) is 15.1. The number of nitrogens with one attached hydrogen (secondary N) is 1. The van der Waals surface area contributed by atoms with E-state index in [0.29, 0.717) is 19.0 Å².